The molecule has 1 saturated heterocycles. The third kappa shape index (κ3) is 2.62. The van der Waals surface area contributed by atoms with E-state index in [1.807, 2.05) is 0 Å². The molecule has 0 bridgehead atoms. The van der Waals surface area contributed by atoms with Crippen LogP contribution in [0.25, 0.3) is 0 Å². The lowest BCUT2D eigenvalue weighted by Gasteiger charge is -2.40. The van der Waals surface area contributed by atoms with Gasteiger partial charge in [-0.1, -0.05) is 0 Å². The zero-order valence-electron chi connectivity index (χ0n) is 8.96. The van der Waals surface area contributed by atoms with Gasteiger partial charge in [0, 0.05) is 12.4 Å². The van der Waals surface area contributed by atoms with Crippen molar-refractivity contribution in [1.29, 1.82) is 0 Å². The molecule has 0 radical (unpaired) electrons. The fraction of sp³-hybridized carbons (Fsp3) is 0.600. The molecule has 0 spiro atoms. The Kier molecular flexibility index (Phi) is 4.93. The first-order valence-electron chi connectivity index (χ1n) is 5.08. The van der Waals surface area contributed by atoms with E-state index in [4.69, 9.17) is 9.84 Å². The number of nitrogens with zero attached hydrogens (tertiary/aromatic N) is 1. The normalized spacial score (nSPS) is 37.5. The lowest BCUT2D eigenvalue weighted by Crippen LogP contribution is -2.56. The van der Waals surface area contributed by atoms with Gasteiger partial charge in [-0.05, 0) is 12.1 Å². The molecule has 1 aliphatic heterocycles. The highest BCUT2D eigenvalue weighted by molar-refractivity contribution is 5.85. The Bertz CT molecular complexity index is 331. The van der Waals surface area contributed by atoms with Crippen LogP contribution < -0.4 is 0 Å². The summed E-state index contributed by atoms with van der Waals surface area (Å²) in [6, 6.07) is 3.50. The Morgan fingerprint density at radius 1 is 1.00 bits per heavy atom. The summed E-state index contributed by atoms with van der Waals surface area (Å²) in [5.41, 5.74) is 0. The zero-order valence-corrected chi connectivity index (χ0v) is 9.77. The minimum Gasteiger partial charge on any atom is -0.394 e. The second-order valence-corrected chi connectivity index (χ2v) is 3.85. The maximum Gasteiger partial charge on any atom is 0.162 e. The van der Waals surface area contributed by atoms with Crippen LogP contribution in [0, 0.1) is 0 Å². The number of rotatable bonds is 2. The van der Waals surface area contributed by atoms with Crippen LogP contribution >= 0.6 is 12.4 Å². The molecule has 6 nitrogen and oxygen atoms in total. The van der Waals surface area contributed by atoms with Crippen molar-refractivity contribution in [3.63, 3.8) is 0 Å². The molecule has 1 aromatic heterocycles. The molecule has 1 aromatic rings. The van der Waals surface area contributed by atoms with Crippen LogP contribution in [0.4, 0.5) is 0 Å². The smallest absolute Gasteiger partial charge is 0.162 e. The lowest BCUT2D eigenvalue weighted by molar-refractivity contribution is -0.251. The first-order chi connectivity index (χ1) is 7.65. The van der Waals surface area contributed by atoms with Gasteiger partial charge in [0.05, 0.1) is 6.61 Å². The summed E-state index contributed by atoms with van der Waals surface area (Å²) in [7, 11) is 0. The van der Waals surface area contributed by atoms with E-state index >= 15 is 0 Å². The SMILES string of the molecule is Cl.OC[C@H]1OC(n2cccc2)[C@H](O)[C@@H](O)[C@@H]1O. The summed E-state index contributed by atoms with van der Waals surface area (Å²) in [4.78, 5) is 0. The Morgan fingerprint density at radius 3 is 2.12 bits per heavy atom. The molecular weight excluding hydrogens is 250 g/mol. The number of aliphatic hydroxyl groups excluding tert-OH is 4. The molecule has 98 valence electrons. The maximum absolute atomic E-state index is 9.76. The van der Waals surface area contributed by atoms with Crippen molar-refractivity contribution >= 4 is 12.4 Å². The summed E-state index contributed by atoms with van der Waals surface area (Å²) in [5, 5.41) is 37.9. The van der Waals surface area contributed by atoms with Crippen molar-refractivity contribution in [3.05, 3.63) is 24.5 Å². The van der Waals surface area contributed by atoms with Gasteiger partial charge < -0.3 is 29.7 Å². The maximum atomic E-state index is 9.76. The first kappa shape index (κ1) is 14.4. The highest BCUT2D eigenvalue weighted by atomic mass is 35.5. The Morgan fingerprint density at radius 2 is 1.59 bits per heavy atom. The van der Waals surface area contributed by atoms with E-state index in [0.29, 0.717) is 0 Å². The summed E-state index contributed by atoms with van der Waals surface area (Å²) in [5.74, 6) is 0. The van der Waals surface area contributed by atoms with Crippen molar-refractivity contribution in [2.45, 2.75) is 30.6 Å². The van der Waals surface area contributed by atoms with Crippen molar-refractivity contribution in [2.75, 3.05) is 6.61 Å². The van der Waals surface area contributed by atoms with Gasteiger partial charge in [-0.2, -0.15) is 0 Å². The quantitative estimate of drug-likeness (QED) is 0.544. The number of hydrogen-bond acceptors (Lipinski definition) is 5. The minimum absolute atomic E-state index is 0. The van der Waals surface area contributed by atoms with E-state index in [9.17, 15) is 15.3 Å². The Hall–Kier alpha value is -0.630. The predicted octanol–water partition coefficient (Wildman–Crippen LogP) is -1.12. The summed E-state index contributed by atoms with van der Waals surface area (Å²) >= 11 is 0. The number of ether oxygens (including phenoxy) is 1. The zero-order chi connectivity index (χ0) is 11.7. The fourth-order valence-electron chi connectivity index (χ4n) is 1.85. The van der Waals surface area contributed by atoms with Gasteiger partial charge in [0.15, 0.2) is 6.23 Å². The Balaban J connectivity index is 0.00000144. The minimum atomic E-state index is -1.33. The van der Waals surface area contributed by atoms with E-state index in [0.717, 1.165) is 0 Å². The van der Waals surface area contributed by atoms with Crippen molar-refractivity contribution in [3.8, 4) is 0 Å². The largest absolute Gasteiger partial charge is 0.394 e. The molecular formula is C10H16ClNO5. The van der Waals surface area contributed by atoms with Crippen LogP contribution in [-0.2, 0) is 4.74 Å². The standard InChI is InChI=1S/C10H15NO5.ClH/c12-5-6-7(13)8(14)9(15)10(16-6)11-3-1-2-4-11;/h1-4,6-10,12-15H,5H2;1H/t6-,7-,8+,9-,10?;/m1./s1. The highest BCUT2D eigenvalue weighted by Crippen LogP contribution is 2.28. The number of aliphatic hydroxyl groups is 4. The van der Waals surface area contributed by atoms with Crippen molar-refractivity contribution < 1.29 is 25.2 Å². The monoisotopic (exact) mass is 265 g/mol. The third-order valence-electron chi connectivity index (χ3n) is 2.79. The summed E-state index contributed by atoms with van der Waals surface area (Å²) in [6.45, 7) is -0.414. The molecule has 2 rings (SSSR count). The molecule has 0 aromatic carbocycles. The van der Waals surface area contributed by atoms with Crippen LogP contribution in [0.5, 0.6) is 0 Å². The van der Waals surface area contributed by atoms with E-state index < -0.39 is 37.3 Å². The third-order valence-corrected chi connectivity index (χ3v) is 2.79. The summed E-state index contributed by atoms with van der Waals surface area (Å²) in [6.07, 6.45) is -2.20. The van der Waals surface area contributed by atoms with Crippen LogP contribution in [0.3, 0.4) is 0 Å². The molecule has 4 N–H and O–H groups in total. The average Bonchev–Trinajstić information content (AvgIpc) is 2.80. The van der Waals surface area contributed by atoms with Crippen LogP contribution in [0.2, 0.25) is 0 Å². The number of aromatic nitrogens is 1. The van der Waals surface area contributed by atoms with Gasteiger partial charge in [-0.15, -0.1) is 12.4 Å². The Labute approximate surface area is 104 Å². The van der Waals surface area contributed by atoms with E-state index in [-0.39, 0.29) is 12.4 Å². The highest BCUT2D eigenvalue weighted by Gasteiger charge is 2.43. The number of halogens is 1. The number of hydrogen-bond donors (Lipinski definition) is 4. The molecule has 1 aliphatic rings. The van der Waals surface area contributed by atoms with Crippen LogP contribution in [0.1, 0.15) is 6.23 Å². The van der Waals surface area contributed by atoms with Gasteiger partial charge in [0.1, 0.15) is 24.4 Å². The van der Waals surface area contributed by atoms with Gasteiger partial charge >= 0.3 is 0 Å². The molecule has 0 amide bonds. The van der Waals surface area contributed by atoms with Gasteiger partial charge in [-0.3, -0.25) is 0 Å². The predicted molar refractivity (Wildman–Crippen MR) is 60.7 cm³/mol. The molecule has 1 fully saturated rings. The molecule has 1 unspecified atom stereocenters. The molecule has 7 heteroatoms. The molecule has 0 aliphatic carbocycles. The fourth-order valence-corrected chi connectivity index (χ4v) is 1.85. The van der Waals surface area contributed by atoms with Gasteiger partial charge in [0.2, 0.25) is 0 Å². The molecule has 2 heterocycles. The first-order valence-corrected chi connectivity index (χ1v) is 5.08. The molecule has 5 atom stereocenters. The summed E-state index contributed by atoms with van der Waals surface area (Å²) < 4.78 is 6.90. The van der Waals surface area contributed by atoms with Crippen LogP contribution in [0.15, 0.2) is 24.5 Å². The van der Waals surface area contributed by atoms with E-state index in [1.54, 1.807) is 29.1 Å². The molecule has 0 saturated carbocycles. The topological polar surface area (TPSA) is 95.1 Å². The van der Waals surface area contributed by atoms with Crippen molar-refractivity contribution in [1.82, 2.24) is 4.57 Å². The van der Waals surface area contributed by atoms with Crippen LogP contribution in [-0.4, -0.2) is 56.0 Å². The second kappa shape index (κ2) is 5.81. The van der Waals surface area contributed by atoms with Gasteiger partial charge in [0.25, 0.3) is 0 Å². The molecule has 17 heavy (non-hydrogen) atoms. The lowest BCUT2D eigenvalue weighted by atomic mass is 9.98. The second-order valence-electron chi connectivity index (χ2n) is 3.85. The van der Waals surface area contributed by atoms with E-state index in [2.05, 4.69) is 0 Å². The van der Waals surface area contributed by atoms with Gasteiger partial charge in [-0.25, -0.2) is 0 Å². The average molecular weight is 266 g/mol. The van der Waals surface area contributed by atoms with E-state index in [1.165, 1.54) is 0 Å². The van der Waals surface area contributed by atoms with Crippen molar-refractivity contribution in [2.24, 2.45) is 0 Å².